The molecule has 0 spiro atoms. The third-order valence-electron chi connectivity index (χ3n) is 6.16. The molecular formula is C29H26O8. The van der Waals surface area contributed by atoms with Crippen LogP contribution in [-0.4, -0.2) is 40.2 Å². The Hall–Kier alpha value is -4.59. The number of aryl methyl sites for hydroxylation is 1. The third-order valence-corrected chi connectivity index (χ3v) is 6.16. The maximum Gasteiger partial charge on any atom is 0.342 e. The number of carbonyl (C=O) groups excluding carboxylic acids is 2. The lowest BCUT2D eigenvalue weighted by atomic mass is 9.97. The lowest BCUT2D eigenvalue weighted by Crippen LogP contribution is -2.14. The van der Waals surface area contributed by atoms with Crippen LogP contribution in [0.15, 0.2) is 63.8 Å². The van der Waals surface area contributed by atoms with Gasteiger partial charge in [-0.05, 0) is 55.0 Å². The van der Waals surface area contributed by atoms with Gasteiger partial charge in [0.2, 0.25) is 0 Å². The number of methoxy groups -OCH3 is 4. The van der Waals surface area contributed by atoms with Gasteiger partial charge in [-0.2, -0.15) is 0 Å². The second kappa shape index (κ2) is 10.6. The molecule has 0 aliphatic carbocycles. The zero-order valence-corrected chi connectivity index (χ0v) is 21.2. The highest BCUT2D eigenvalue weighted by molar-refractivity contribution is 6.01. The van der Waals surface area contributed by atoms with Crippen LogP contribution in [0.1, 0.15) is 31.8 Å². The average Bonchev–Trinajstić information content (AvgIpc) is 2.92. The number of hydrogen-bond donors (Lipinski definition) is 0. The number of ketones is 1. The molecule has 0 bridgehead atoms. The number of ether oxygens (including phenoxy) is 4. The minimum absolute atomic E-state index is 0.174. The summed E-state index contributed by atoms with van der Waals surface area (Å²) in [7, 11) is 5.83. The molecule has 0 saturated carbocycles. The number of esters is 1. The fraction of sp³-hybridized carbons (Fsp3) is 0.207. The molecule has 3 aromatic carbocycles. The zero-order valence-electron chi connectivity index (χ0n) is 21.2. The van der Waals surface area contributed by atoms with Crippen LogP contribution in [0.5, 0.6) is 17.2 Å². The van der Waals surface area contributed by atoms with Gasteiger partial charge in [-0.3, -0.25) is 4.79 Å². The first kappa shape index (κ1) is 25.5. The Labute approximate surface area is 213 Å². The largest absolute Gasteiger partial charge is 0.497 e. The van der Waals surface area contributed by atoms with Crippen LogP contribution in [0.2, 0.25) is 0 Å². The lowest BCUT2D eigenvalue weighted by molar-refractivity contribution is 0.0596. The van der Waals surface area contributed by atoms with Gasteiger partial charge < -0.3 is 23.4 Å². The number of fused-ring (bicyclic) bond motifs is 1. The van der Waals surface area contributed by atoms with E-state index in [1.807, 2.05) is 24.3 Å². The Kier molecular flexibility index (Phi) is 7.29. The quantitative estimate of drug-likeness (QED) is 0.188. The first-order valence-corrected chi connectivity index (χ1v) is 11.4. The summed E-state index contributed by atoms with van der Waals surface area (Å²) in [5, 5.41) is 0.524. The standard InChI is InChI=1S/C29H26O8/c1-16-26(29(32)36-5)25(35-4)15-19-11-20(28(31)37-27(16)19)14-23(30)18-9-10-24(34-3)22(13-18)17-7-6-8-21(12-17)33-2/h6-13,15H,14H2,1-5H3. The second-order valence-corrected chi connectivity index (χ2v) is 8.29. The normalized spacial score (nSPS) is 10.7. The molecule has 1 heterocycles. The highest BCUT2D eigenvalue weighted by Crippen LogP contribution is 2.34. The molecule has 190 valence electrons. The fourth-order valence-electron chi connectivity index (χ4n) is 4.25. The van der Waals surface area contributed by atoms with Gasteiger partial charge in [0.05, 0.1) is 28.4 Å². The maximum atomic E-state index is 13.2. The van der Waals surface area contributed by atoms with Crippen LogP contribution >= 0.6 is 0 Å². The summed E-state index contributed by atoms with van der Waals surface area (Å²) in [5.41, 5.74) is 2.28. The first-order valence-electron chi connectivity index (χ1n) is 11.4. The average molecular weight is 503 g/mol. The number of rotatable bonds is 8. The van der Waals surface area contributed by atoms with E-state index < -0.39 is 11.6 Å². The summed E-state index contributed by atoms with van der Waals surface area (Å²) in [4.78, 5) is 38.3. The molecule has 8 heteroatoms. The van der Waals surface area contributed by atoms with E-state index in [9.17, 15) is 14.4 Å². The van der Waals surface area contributed by atoms with Crippen molar-refractivity contribution in [1.82, 2.24) is 0 Å². The van der Waals surface area contributed by atoms with Crippen molar-refractivity contribution in [3.63, 3.8) is 0 Å². The third kappa shape index (κ3) is 4.91. The Morgan fingerprint density at radius 3 is 2.30 bits per heavy atom. The van der Waals surface area contributed by atoms with Gasteiger partial charge in [-0.15, -0.1) is 0 Å². The van der Waals surface area contributed by atoms with Gasteiger partial charge in [-0.1, -0.05) is 12.1 Å². The van der Waals surface area contributed by atoms with E-state index in [-0.39, 0.29) is 34.7 Å². The van der Waals surface area contributed by atoms with Crippen molar-refractivity contribution in [2.45, 2.75) is 13.3 Å². The predicted octanol–water partition coefficient (Wildman–Crippen LogP) is 5.01. The number of benzene rings is 3. The molecule has 1 aromatic heterocycles. The van der Waals surface area contributed by atoms with Crippen LogP contribution in [0, 0.1) is 6.92 Å². The predicted molar refractivity (Wildman–Crippen MR) is 138 cm³/mol. The smallest absolute Gasteiger partial charge is 0.342 e. The highest BCUT2D eigenvalue weighted by atomic mass is 16.5. The van der Waals surface area contributed by atoms with Gasteiger partial charge >= 0.3 is 11.6 Å². The number of Topliss-reactive ketones (excluding diaryl/α,β-unsaturated/α-hetero) is 1. The molecule has 0 atom stereocenters. The van der Waals surface area contributed by atoms with E-state index in [2.05, 4.69) is 0 Å². The van der Waals surface area contributed by atoms with Gasteiger partial charge in [0, 0.05) is 34.1 Å². The summed E-state index contributed by atoms with van der Waals surface area (Å²) < 4.78 is 26.6. The lowest BCUT2D eigenvalue weighted by Gasteiger charge is -2.13. The van der Waals surface area contributed by atoms with Gasteiger partial charge in [-0.25, -0.2) is 9.59 Å². The SMILES string of the molecule is COC(=O)c1c(OC)cc2cc(CC(=O)c3ccc(OC)c(-c4cccc(OC)c4)c3)c(=O)oc2c1C. The Balaban J connectivity index is 1.73. The van der Waals surface area contributed by atoms with E-state index in [1.54, 1.807) is 51.5 Å². The topological polar surface area (TPSA) is 101 Å². The molecule has 0 fully saturated rings. The van der Waals surface area contributed by atoms with Crippen molar-refractivity contribution < 1.29 is 33.0 Å². The van der Waals surface area contributed by atoms with Crippen molar-refractivity contribution >= 4 is 22.7 Å². The van der Waals surface area contributed by atoms with Crippen molar-refractivity contribution in [2.24, 2.45) is 0 Å². The van der Waals surface area contributed by atoms with Gasteiger partial charge in [0.25, 0.3) is 0 Å². The molecular weight excluding hydrogens is 476 g/mol. The molecule has 0 N–H and O–H groups in total. The fourth-order valence-corrected chi connectivity index (χ4v) is 4.25. The molecule has 37 heavy (non-hydrogen) atoms. The second-order valence-electron chi connectivity index (χ2n) is 8.29. The van der Waals surface area contributed by atoms with E-state index in [0.29, 0.717) is 33.6 Å². The molecule has 0 radical (unpaired) electrons. The molecule has 0 unspecified atom stereocenters. The Bertz CT molecular complexity index is 1560. The van der Waals surface area contributed by atoms with Crippen LogP contribution in [-0.2, 0) is 11.2 Å². The summed E-state index contributed by atoms with van der Waals surface area (Å²) >= 11 is 0. The van der Waals surface area contributed by atoms with Crippen molar-refractivity contribution in [3.05, 3.63) is 87.3 Å². The van der Waals surface area contributed by atoms with Crippen molar-refractivity contribution in [1.29, 1.82) is 0 Å². The van der Waals surface area contributed by atoms with Gasteiger partial charge in [0.1, 0.15) is 28.4 Å². The van der Waals surface area contributed by atoms with Crippen molar-refractivity contribution in [3.8, 4) is 28.4 Å². The van der Waals surface area contributed by atoms with Crippen LogP contribution in [0.3, 0.4) is 0 Å². The monoisotopic (exact) mass is 502 g/mol. The minimum Gasteiger partial charge on any atom is -0.497 e. The Morgan fingerprint density at radius 2 is 1.62 bits per heavy atom. The highest BCUT2D eigenvalue weighted by Gasteiger charge is 2.22. The van der Waals surface area contributed by atoms with E-state index in [1.165, 1.54) is 14.2 Å². The van der Waals surface area contributed by atoms with Crippen LogP contribution < -0.4 is 19.8 Å². The summed E-state index contributed by atoms with van der Waals surface area (Å²) in [6, 6.07) is 15.7. The maximum absolute atomic E-state index is 13.2. The molecule has 4 rings (SSSR count). The van der Waals surface area contributed by atoms with E-state index in [0.717, 1.165) is 5.56 Å². The van der Waals surface area contributed by atoms with Crippen LogP contribution in [0.25, 0.3) is 22.1 Å². The number of carbonyl (C=O) groups is 2. The molecule has 0 amide bonds. The summed E-state index contributed by atoms with van der Waals surface area (Å²) in [6.07, 6.45) is -0.178. The van der Waals surface area contributed by atoms with E-state index >= 15 is 0 Å². The molecule has 0 aliphatic heterocycles. The first-order chi connectivity index (χ1) is 17.8. The molecule has 8 nitrogen and oxygen atoms in total. The minimum atomic E-state index is -0.661. The Morgan fingerprint density at radius 1 is 0.865 bits per heavy atom. The summed E-state index contributed by atoms with van der Waals surface area (Å²) in [6.45, 7) is 1.64. The molecule has 0 saturated heterocycles. The molecule has 0 aliphatic rings. The van der Waals surface area contributed by atoms with E-state index in [4.69, 9.17) is 23.4 Å². The molecule has 4 aromatic rings. The summed E-state index contributed by atoms with van der Waals surface area (Å²) in [5.74, 6) is 0.670. The van der Waals surface area contributed by atoms with Crippen LogP contribution in [0.4, 0.5) is 0 Å². The zero-order chi connectivity index (χ0) is 26.7. The van der Waals surface area contributed by atoms with Gasteiger partial charge in [0.15, 0.2) is 5.78 Å². The van der Waals surface area contributed by atoms with Crippen molar-refractivity contribution in [2.75, 3.05) is 28.4 Å². The number of hydrogen-bond acceptors (Lipinski definition) is 8.